The van der Waals surface area contributed by atoms with Crippen molar-refractivity contribution in [1.29, 1.82) is 0 Å². The number of ketones is 1. The zero-order valence-electron chi connectivity index (χ0n) is 22.2. The summed E-state index contributed by atoms with van der Waals surface area (Å²) < 4.78 is 0. The van der Waals surface area contributed by atoms with Crippen LogP contribution >= 0.6 is 11.3 Å². The second-order valence-electron chi connectivity index (χ2n) is 9.06. The molecule has 0 aliphatic heterocycles. The molecule has 1 atom stereocenters. The van der Waals surface area contributed by atoms with Gasteiger partial charge >= 0.3 is 6.03 Å². The number of Topliss-reactive ketones (excluding diaryl/α,β-unsaturated/α-hetero) is 1. The van der Waals surface area contributed by atoms with Crippen molar-refractivity contribution in [3.8, 4) is 33.0 Å². The predicted octanol–water partition coefficient (Wildman–Crippen LogP) is 4.81. The van der Waals surface area contributed by atoms with Crippen molar-refractivity contribution in [2.24, 2.45) is 0 Å². The van der Waals surface area contributed by atoms with Crippen LogP contribution in [0.15, 0.2) is 77.8 Å². The minimum atomic E-state index is -0.417. The van der Waals surface area contributed by atoms with E-state index in [1.165, 1.54) is 18.4 Å². The molecule has 2 heterocycles. The first-order valence-electron chi connectivity index (χ1n) is 12.8. The van der Waals surface area contributed by atoms with Crippen LogP contribution < -0.4 is 21.3 Å². The summed E-state index contributed by atoms with van der Waals surface area (Å²) in [6.07, 6.45) is 3.35. The van der Waals surface area contributed by atoms with Crippen molar-refractivity contribution in [3.05, 3.63) is 89.0 Å². The van der Waals surface area contributed by atoms with E-state index in [1.807, 2.05) is 60.8 Å². The molecule has 1 unspecified atom stereocenters. The number of urea groups is 1. The van der Waals surface area contributed by atoms with E-state index in [9.17, 15) is 14.4 Å². The number of pyridine rings is 1. The number of likely N-dealkylation sites (N-methyl/N-ethyl adjacent to an activating group) is 2. The zero-order valence-corrected chi connectivity index (χ0v) is 23.1. The lowest BCUT2D eigenvalue weighted by Gasteiger charge is -2.24. The normalized spacial score (nSPS) is 14.2. The Morgan fingerprint density at radius 1 is 0.975 bits per heavy atom. The van der Waals surface area contributed by atoms with Crippen molar-refractivity contribution in [2.75, 3.05) is 26.0 Å². The van der Waals surface area contributed by atoms with Crippen molar-refractivity contribution < 1.29 is 14.4 Å². The first-order valence-corrected chi connectivity index (χ1v) is 13.7. The molecule has 0 fully saturated rings. The van der Waals surface area contributed by atoms with E-state index in [0.717, 1.165) is 38.5 Å². The average Bonchev–Trinajstić information content (AvgIpc) is 3.48. The molecule has 10 heteroatoms. The Bertz CT molecular complexity index is 1630. The van der Waals surface area contributed by atoms with E-state index >= 15 is 0 Å². The predicted molar refractivity (Wildman–Crippen MR) is 157 cm³/mol. The molecule has 0 spiro atoms. The maximum absolute atomic E-state index is 13.1. The van der Waals surface area contributed by atoms with Crippen LogP contribution in [0.3, 0.4) is 0 Å². The number of nitrogens with one attached hydrogen (secondary N) is 4. The van der Waals surface area contributed by atoms with Crippen LogP contribution in [0.1, 0.15) is 28.9 Å². The fourth-order valence-corrected chi connectivity index (χ4v) is 5.47. The van der Waals surface area contributed by atoms with Crippen molar-refractivity contribution in [1.82, 2.24) is 25.9 Å². The van der Waals surface area contributed by atoms with Gasteiger partial charge in [0.15, 0.2) is 5.78 Å². The van der Waals surface area contributed by atoms with Crippen LogP contribution in [0.5, 0.6) is 0 Å². The summed E-state index contributed by atoms with van der Waals surface area (Å²) in [5, 5.41) is 14.0. The second-order valence-corrected chi connectivity index (χ2v) is 9.92. The number of amides is 3. The van der Waals surface area contributed by atoms with Gasteiger partial charge in [0, 0.05) is 47.4 Å². The SMILES string of the molecule is CCNC(=O)Nc1cc(-c2nc(-c3ccccc3)cs2)c(-c2ccc3c(c2)C(NC)C=C(C(=O)NC)C3=O)cn1. The summed E-state index contributed by atoms with van der Waals surface area (Å²) in [7, 11) is 3.29. The highest BCUT2D eigenvalue weighted by atomic mass is 32.1. The van der Waals surface area contributed by atoms with Gasteiger partial charge in [0.05, 0.1) is 17.3 Å². The lowest BCUT2D eigenvalue weighted by Crippen LogP contribution is -2.31. The molecule has 4 aromatic rings. The quantitative estimate of drug-likeness (QED) is 0.244. The largest absolute Gasteiger partial charge is 0.355 e. The Labute approximate surface area is 235 Å². The van der Waals surface area contributed by atoms with Crippen LogP contribution in [0.2, 0.25) is 0 Å². The Hall–Kier alpha value is -4.67. The lowest BCUT2D eigenvalue weighted by molar-refractivity contribution is -0.116. The summed E-state index contributed by atoms with van der Waals surface area (Å²) in [5.41, 5.74) is 5.60. The summed E-state index contributed by atoms with van der Waals surface area (Å²) in [6, 6.07) is 16.6. The van der Waals surface area contributed by atoms with E-state index in [1.54, 1.807) is 25.4 Å². The Morgan fingerprint density at radius 3 is 2.50 bits per heavy atom. The number of thiazole rings is 1. The minimum absolute atomic E-state index is 0.112. The number of carbonyl (C=O) groups is 3. The Balaban J connectivity index is 1.61. The highest BCUT2D eigenvalue weighted by molar-refractivity contribution is 7.13. The molecule has 40 heavy (non-hydrogen) atoms. The molecule has 9 nitrogen and oxygen atoms in total. The number of hydrogen-bond donors (Lipinski definition) is 4. The number of hydrogen-bond acceptors (Lipinski definition) is 7. The molecule has 1 aliphatic carbocycles. The standard InChI is InChI=1S/C30H28N6O3S/c1-4-33-30(39)36-26-14-21(29-35-25(16-40-29)17-8-6-5-7-9-17)23(15-34-26)18-10-11-19-20(12-18)24(31-2)13-22(27(19)37)28(38)32-3/h5-16,24,31H,4H2,1-3H3,(H,32,38)(H2,33,34,36,39). The number of anilines is 1. The van der Waals surface area contributed by atoms with Gasteiger partial charge in [0.2, 0.25) is 0 Å². The van der Waals surface area contributed by atoms with Gasteiger partial charge in [-0.2, -0.15) is 0 Å². The van der Waals surface area contributed by atoms with E-state index in [2.05, 4.69) is 26.3 Å². The van der Waals surface area contributed by atoms with Gasteiger partial charge in [0.1, 0.15) is 10.8 Å². The molecule has 1 aliphatic rings. The molecule has 3 amide bonds. The van der Waals surface area contributed by atoms with E-state index in [0.29, 0.717) is 17.9 Å². The highest BCUT2D eigenvalue weighted by Crippen LogP contribution is 2.39. The van der Waals surface area contributed by atoms with E-state index in [4.69, 9.17) is 4.98 Å². The highest BCUT2D eigenvalue weighted by Gasteiger charge is 2.30. The van der Waals surface area contributed by atoms with Gasteiger partial charge in [-0.05, 0) is 43.3 Å². The average molecular weight is 553 g/mol. The molecular weight excluding hydrogens is 524 g/mol. The number of aromatic nitrogens is 2. The monoisotopic (exact) mass is 552 g/mol. The van der Waals surface area contributed by atoms with E-state index < -0.39 is 5.91 Å². The van der Waals surface area contributed by atoms with Crippen LogP contribution in [0.4, 0.5) is 10.6 Å². The molecule has 0 saturated carbocycles. The third-order valence-corrected chi connectivity index (χ3v) is 7.47. The summed E-state index contributed by atoms with van der Waals surface area (Å²) in [5.74, 6) is -0.347. The van der Waals surface area contributed by atoms with Gasteiger partial charge in [0.25, 0.3) is 5.91 Å². The number of nitrogens with zero attached hydrogens (tertiary/aromatic N) is 2. The first-order chi connectivity index (χ1) is 19.4. The molecule has 2 aromatic carbocycles. The number of benzene rings is 2. The minimum Gasteiger partial charge on any atom is -0.355 e. The Kier molecular flexibility index (Phi) is 7.81. The number of rotatable bonds is 7. The van der Waals surface area contributed by atoms with Crippen LogP contribution in [0, 0.1) is 0 Å². The van der Waals surface area contributed by atoms with Crippen LogP contribution in [0.25, 0.3) is 33.0 Å². The summed E-state index contributed by atoms with van der Waals surface area (Å²) >= 11 is 1.50. The fraction of sp³-hybridized carbons (Fsp3) is 0.167. The number of fused-ring (bicyclic) bond motifs is 1. The van der Waals surface area contributed by atoms with Gasteiger partial charge in [-0.15, -0.1) is 11.3 Å². The van der Waals surface area contributed by atoms with Gasteiger partial charge in [-0.25, -0.2) is 14.8 Å². The fourth-order valence-electron chi connectivity index (χ4n) is 4.61. The van der Waals surface area contributed by atoms with Gasteiger partial charge in [-0.3, -0.25) is 14.9 Å². The van der Waals surface area contributed by atoms with Gasteiger partial charge < -0.3 is 16.0 Å². The van der Waals surface area contributed by atoms with Crippen LogP contribution in [-0.4, -0.2) is 48.3 Å². The first kappa shape index (κ1) is 26.9. The lowest BCUT2D eigenvalue weighted by atomic mass is 9.84. The summed E-state index contributed by atoms with van der Waals surface area (Å²) in [4.78, 5) is 47.1. The third-order valence-electron chi connectivity index (χ3n) is 6.59. The zero-order chi connectivity index (χ0) is 28.2. The van der Waals surface area contributed by atoms with Crippen LogP contribution in [-0.2, 0) is 4.79 Å². The molecule has 4 N–H and O–H groups in total. The summed E-state index contributed by atoms with van der Waals surface area (Å²) in [6.45, 7) is 2.33. The maximum atomic E-state index is 13.1. The van der Waals surface area contributed by atoms with Crippen molar-refractivity contribution in [2.45, 2.75) is 13.0 Å². The molecule has 0 radical (unpaired) electrons. The Morgan fingerprint density at radius 2 is 1.77 bits per heavy atom. The third kappa shape index (κ3) is 5.27. The second kappa shape index (κ2) is 11.6. The smallest absolute Gasteiger partial charge is 0.320 e. The molecular formula is C30H28N6O3S. The molecule has 2 aromatic heterocycles. The molecule has 202 valence electrons. The molecule has 5 rings (SSSR count). The van der Waals surface area contributed by atoms with Gasteiger partial charge in [-0.1, -0.05) is 42.5 Å². The molecule has 0 bridgehead atoms. The number of carbonyl (C=O) groups excluding carboxylic acids is 3. The van der Waals surface area contributed by atoms with Crippen molar-refractivity contribution in [3.63, 3.8) is 0 Å². The topological polar surface area (TPSA) is 125 Å². The molecule has 0 saturated heterocycles. The maximum Gasteiger partial charge on any atom is 0.320 e. The van der Waals surface area contributed by atoms with Crippen molar-refractivity contribution >= 4 is 34.9 Å². The van der Waals surface area contributed by atoms with E-state index in [-0.39, 0.29) is 23.4 Å².